The molecule has 0 aliphatic heterocycles. The second kappa shape index (κ2) is 5.32. The van der Waals surface area contributed by atoms with Gasteiger partial charge in [0.25, 0.3) is 0 Å². The van der Waals surface area contributed by atoms with Crippen molar-refractivity contribution in [3.63, 3.8) is 0 Å². The number of aromatic nitrogens is 1. The highest BCUT2D eigenvalue weighted by Gasteiger charge is 2.24. The molecular formula is C15H16F2N2O. The number of rotatable bonds is 3. The molecule has 5 heteroatoms. The van der Waals surface area contributed by atoms with E-state index in [1.807, 2.05) is 0 Å². The summed E-state index contributed by atoms with van der Waals surface area (Å²) in [4.78, 5) is 3.98. The number of hydrogen-bond donors (Lipinski definition) is 1. The van der Waals surface area contributed by atoms with Crippen LogP contribution in [0.5, 0.6) is 0 Å². The second-order valence-corrected chi connectivity index (χ2v) is 5.15. The first-order valence-electron chi connectivity index (χ1n) is 6.70. The van der Waals surface area contributed by atoms with Crippen molar-refractivity contribution in [3.05, 3.63) is 36.0 Å². The zero-order valence-corrected chi connectivity index (χ0v) is 11.2. The third-order valence-electron chi connectivity index (χ3n) is 3.84. The Labute approximate surface area is 116 Å². The molecule has 1 fully saturated rings. The summed E-state index contributed by atoms with van der Waals surface area (Å²) in [6, 6.07) is 4.19. The summed E-state index contributed by atoms with van der Waals surface area (Å²) < 4.78 is 32.4. The van der Waals surface area contributed by atoms with Crippen molar-refractivity contribution in [2.45, 2.75) is 31.4 Å². The topological polar surface area (TPSA) is 34.1 Å². The predicted molar refractivity (Wildman–Crippen MR) is 73.7 cm³/mol. The first-order valence-corrected chi connectivity index (χ1v) is 6.70. The Balaban J connectivity index is 1.92. The molecule has 0 spiro atoms. The lowest BCUT2D eigenvalue weighted by Crippen LogP contribution is -2.17. The van der Waals surface area contributed by atoms with Gasteiger partial charge in [0.05, 0.1) is 6.10 Å². The van der Waals surface area contributed by atoms with Crippen molar-refractivity contribution in [1.82, 2.24) is 4.98 Å². The van der Waals surface area contributed by atoms with Crippen molar-refractivity contribution in [2.24, 2.45) is 0 Å². The number of nitrogens with one attached hydrogen (secondary N) is 1. The molecule has 1 aliphatic carbocycles. The van der Waals surface area contributed by atoms with Gasteiger partial charge in [0.2, 0.25) is 0 Å². The summed E-state index contributed by atoms with van der Waals surface area (Å²) in [6.45, 7) is 0. The molecule has 1 saturated carbocycles. The monoisotopic (exact) mass is 278 g/mol. The maximum absolute atomic E-state index is 13.7. The van der Waals surface area contributed by atoms with Crippen LogP contribution >= 0.6 is 0 Å². The van der Waals surface area contributed by atoms with E-state index in [-0.39, 0.29) is 17.7 Å². The van der Waals surface area contributed by atoms with E-state index in [2.05, 4.69) is 10.3 Å². The number of halogens is 2. The van der Waals surface area contributed by atoms with Gasteiger partial charge in [-0.2, -0.15) is 0 Å². The Bertz CT molecular complexity index is 633. The molecule has 1 heterocycles. The van der Waals surface area contributed by atoms with E-state index in [0.29, 0.717) is 5.39 Å². The number of anilines is 1. The van der Waals surface area contributed by atoms with Gasteiger partial charge in [-0.1, -0.05) is 0 Å². The van der Waals surface area contributed by atoms with E-state index < -0.39 is 11.6 Å². The van der Waals surface area contributed by atoms with Crippen LogP contribution in [0.2, 0.25) is 0 Å². The minimum Gasteiger partial charge on any atom is -0.382 e. The quantitative estimate of drug-likeness (QED) is 0.933. The second-order valence-electron chi connectivity index (χ2n) is 5.15. The lowest BCUT2D eigenvalue weighted by Gasteiger charge is -2.16. The highest BCUT2D eigenvalue weighted by atomic mass is 19.1. The van der Waals surface area contributed by atoms with Crippen LogP contribution in [0.3, 0.4) is 0 Å². The highest BCUT2D eigenvalue weighted by Crippen LogP contribution is 2.29. The summed E-state index contributed by atoms with van der Waals surface area (Å²) in [5.41, 5.74) is 0.910. The van der Waals surface area contributed by atoms with Crippen molar-refractivity contribution < 1.29 is 13.5 Å². The van der Waals surface area contributed by atoms with Gasteiger partial charge in [-0.25, -0.2) is 8.78 Å². The highest BCUT2D eigenvalue weighted by molar-refractivity contribution is 5.91. The first kappa shape index (κ1) is 13.2. The lowest BCUT2D eigenvalue weighted by atomic mass is 10.1. The molecule has 0 bridgehead atoms. The zero-order chi connectivity index (χ0) is 14.1. The summed E-state index contributed by atoms with van der Waals surface area (Å²) in [6.07, 6.45) is 4.68. The van der Waals surface area contributed by atoms with Crippen LogP contribution < -0.4 is 5.32 Å². The Morgan fingerprint density at radius 1 is 1.30 bits per heavy atom. The number of nitrogens with zero attached hydrogens (tertiary/aromatic N) is 1. The van der Waals surface area contributed by atoms with Crippen molar-refractivity contribution in [2.75, 3.05) is 12.4 Å². The SMILES string of the molecule is COC1CCC(Nc2ccnc3c(F)cc(F)cc23)C1. The molecule has 3 nitrogen and oxygen atoms in total. The third-order valence-corrected chi connectivity index (χ3v) is 3.84. The van der Waals surface area contributed by atoms with Crippen molar-refractivity contribution >= 4 is 16.6 Å². The average molecular weight is 278 g/mol. The van der Waals surface area contributed by atoms with Crippen LogP contribution in [0.15, 0.2) is 24.4 Å². The number of ether oxygens (including phenoxy) is 1. The number of benzene rings is 1. The molecule has 1 N–H and O–H groups in total. The molecule has 1 aromatic heterocycles. The van der Waals surface area contributed by atoms with Gasteiger partial charge < -0.3 is 10.1 Å². The van der Waals surface area contributed by atoms with Gasteiger partial charge in [0.15, 0.2) is 5.82 Å². The molecule has 20 heavy (non-hydrogen) atoms. The van der Waals surface area contributed by atoms with Gasteiger partial charge in [0.1, 0.15) is 11.3 Å². The van der Waals surface area contributed by atoms with E-state index in [4.69, 9.17) is 4.74 Å². The maximum atomic E-state index is 13.7. The van der Waals surface area contributed by atoms with E-state index >= 15 is 0 Å². The van der Waals surface area contributed by atoms with Gasteiger partial charge >= 0.3 is 0 Å². The lowest BCUT2D eigenvalue weighted by molar-refractivity contribution is 0.108. The molecule has 2 unspecified atom stereocenters. The predicted octanol–water partition coefficient (Wildman–Crippen LogP) is 3.49. The van der Waals surface area contributed by atoms with Crippen LogP contribution in [0.1, 0.15) is 19.3 Å². The molecule has 0 radical (unpaired) electrons. The largest absolute Gasteiger partial charge is 0.382 e. The molecular weight excluding hydrogens is 262 g/mol. The van der Waals surface area contributed by atoms with Gasteiger partial charge in [-0.05, 0) is 31.4 Å². The summed E-state index contributed by atoms with van der Waals surface area (Å²) in [5, 5.41) is 3.83. The van der Waals surface area contributed by atoms with Crippen LogP contribution in [-0.4, -0.2) is 24.2 Å². The van der Waals surface area contributed by atoms with E-state index in [1.54, 1.807) is 13.2 Å². The molecule has 0 amide bonds. The minimum absolute atomic E-state index is 0.192. The third kappa shape index (κ3) is 2.45. The fourth-order valence-electron chi connectivity index (χ4n) is 2.81. The molecule has 2 aromatic rings. The van der Waals surface area contributed by atoms with E-state index in [9.17, 15) is 8.78 Å². The standard InChI is InChI=1S/C15H16F2N2O/c1-20-11-3-2-10(8-11)19-14-4-5-18-15-12(14)6-9(16)7-13(15)17/h4-7,10-11H,2-3,8H2,1H3,(H,18,19). The van der Waals surface area contributed by atoms with Crippen LogP contribution in [0.25, 0.3) is 10.9 Å². The van der Waals surface area contributed by atoms with Gasteiger partial charge in [-0.3, -0.25) is 4.98 Å². The molecule has 106 valence electrons. The number of methoxy groups -OCH3 is 1. The van der Waals surface area contributed by atoms with Crippen LogP contribution in [0, 0.1) is 11.6 Å². The number of pyridine rings is 1. The van der Waals surface area contributed by atoms with Gasteiger partial charge in [-0.15, -0.1) is 0 Å². The Morgan fingerprint density at radius 2 is 2.15 bits per heavy atom. The molecule has 3 rings (SSSR count). The maximum Gasteiger partial charge on any atom is 0.152 e. The van der Waals surface area contributed by atoms with E-state index in [0.717, 1.165) is 31.0 Å². The fraction of sp³-hybridized carbons (Fsp3) is 0.400. The Hall–Kier alpha value is -1.75. The average Bonchev–Trinajstić information content (AvgIpc) is 2.87. The first-order chi connectivity index (χ1) is 9.67. The number of hydrogen-bond acceptors (Lipinski definition) is 3. The Morgan fingerprint density at radius 3 is 2.90 bits per heavy atom. The smallest absolute Gasteiger partial charge is 0.152 e. The van der Waals surface area contributed by atoms with Crippen molar-refractivity contribution in [1.29, 1.82) is 0 Å². The number of fused-ring (bicyclic) bond motifs is 1. The van der Waals surface area contributed by atoms with Crippen LogP contribution in [-0.2, 0) is 4.74 Å². The summed E-state index contributed by atoms with van der Waals surface area (Å²) in [5.74, 6) is -1.22. The van der Waals surface area contributed by atoms with Gasteiger partial charge in [0, 0.05) is 36.5 Å². The van der Waals surface area contributed by atoms with Crippen LogP contribution in [0.4, 0.5) is 14.5 Å². The summed E-state index contributed by atoms with van der Waals surface area (Å²) in [7, 11) is 1.71. The molecule has 1 aromatic carbocycles. The Kier molecular flexibility index (Phi) is 3.53. The van der Waals surface area contributed by atoms with Crippen molar-refractivity contribution in [3.8, 4) is 0 Å². The fourth-order valence-corrected chi connectivity index (χ4v) is 2.81. The normalized spacial score (nSPS) is 22.4. The minimum atomic E-state index is -0.634. The molecule has 0 saturated heterocycles. The summed E-state index contributed by atoms with van der Waals surface area (Å²) >= 11 is 0. The zero-order valence-electron chi connectivity index (χ0n) is 11.2. The van der Waals surface area contributed by atoms with E-state index in [1.165, 1.54) is 12.3 Å². The molecule has 1 aliphatic rings. The molecule has 2 atom stereocenters.